The van der Waals surface area contributed by atoms with Crippen molar-refractivity contribution in [2.45, 2.75) is 5.92 Å². The van der Waals surface area contributed by atoms with Crippen molar-refractivity contribution in [3.63, 3.8) is 0 Å². The van der Waals surface area contributed by atoms with Crippen LogP contribution in [0.2, 0.25) is 0 Å². The number of hydrogen-bond donors (Lipinski definition) is 0. The Kier molecular flexibility index (Phi) is 7.07. The van der Waals surface area contributed by atoms with E-state index in [1.165, 1.54) is 27.8 Å². The van der Waals surface area contributed by atoms with Crippen molar-refractivity contribution >= 4 is 0 Å². The van der Waals surface area contributed by atoms with Crippen LogP contribution in [0.25, 0.3) is 11.1 Å². The van der Waals surface area contributed by atoms with E-state index in [0.29, 0.717) is 5.92 Å². The lowest BCUT2D eigenvalue weighted by Crippen LogP contribution is -2.02. The predicted molar refractivity (Wildman–Crippen MR) is 132 cm³/mol. The SMILES string of the molecule is c1ccc(-c2ccccc2)cc1.c1ccc(C(c2ccccc2)c2ccccc2)cc1. The van der Waals surface area contributed by atoms with Gasteiger partial charge in [0.2, 0.25) is 0 Å². The van der Waals surface area contributed by atoms with E-state index in [4.69, 9.17) is 0 Å². The first-order valence-electron chi connectivity index (χ1n) is 10.7. The Balaban J connectivity index is 0.000000166. The molecule has 0 bridgehead atoms. The Morgan fingerprint density at radius 3 is 0.742 bits per heavy atom. The minimum atomic E-state index is 0.309. The lowest BCUT2D eigenvalue weighted by Gasteiger charge is -2.18. The van der Waals surface area contributed by atoms with Gasteiger partial charge in [0.05, 0.1) is 0 Å². The van der Waals surface area contributed by atoms with Crippen molar-refractivity contribution in [3.05, 3.63) is 168 Å². The van der Waals surface area contributed by atoms with E-state index in [9.17, 15) is 0 Å². The maximum atomic E-state index is 2.20. The topological polar surface area (TPSA) is 0 Å². The van der Waals surface area contributed by atoms with Crippen LogP contribution >= 0.6 is 0 Å². The van der Waals surface area contributed by atoms with Crippen LogP contribution in [-0.4, -0.2) is 0 Å². The van der Waals surface area contributed by atoms with Crippen molar-refractivity contribution in [1.82, 2.24) is 0 Å². The molecule has 0 radical (unpaired) electrons. The fraction of sp³-hybridized carbons (Fsp3) is 0.0323. The van der Waals surface area contributed by atoms with Gasteiger partial charge < -0.3 is 0 Å². The summed E-state index contributed by atoms with van der Waals surface area (Å²) in [5.74, 6) is 0.309. The molecule has 0 atom stereocenters. The molecule has 0 aliphatic carbocycles. The van der Waals surface area contributed by atoms with Crippen molar-refractivity contribution in [2.24, 2.45) is 0 Å². The van der Waals surface area contributed by atoms with Gasteiger partial charge in [-0.2, -0.15) is 0 Å². The van der Waals surface area contributed by atoms with Crippen LogP contribution in [0, 0.1) is 0 Å². The van der Waals surface area contributed by atoms with Crippen molar-refractivity contribution in [1.29, 1.82) is 0 Å². The van der Waals surface area contributed by atoms with Crippen LogP contribution in [0.5, 0.6) is 0 Å². The zero-order valence-electron chi connectivity index (χ0n) is 17.5. The summed E-state index contributed by atoms with van der Waals surface area (Å²) in [7, 11) is 0. The summed E-state index contributed by atoms with van der Waals surface area (Å²) in [6.45, 7) is 0. The number of rotatable bonds is 4. The summed E-state index contributed by atoms with van der Waals surface area (Å²) in [5.41, 5.74) is 6.55. The molecule has 31 heavy (non-hydrogen) atoms. The Morgan fingerprint density at radius 1 is 0.258 bits per heavy atom. The third kappa shape index (κ3) is 5.58. The van der Waals surface area contributed by atoms with Gasteiger partial charge in [-0.1, -0.05) is 152 Å². The van der Waals surface area contributed by atoms with E-state index < -0.39 is 0 Å². The molecule has 0 aromatic heterocycles. The maximum absolute atomic E-state index is 2.20. The van der Waals surface area contributed by atoms with Gasteiger partial charge in [-0.25, -0.2) is 0 Å². The third-order valence-corrected chi connectivity index (χ3v) is 5.28. The second kappa shape index (κ2) is 10.8. The Labute approximate surface area is 185 Å². The second-order valence-electron chi connectivity index (χ2n) is 7.40. The molecule has 0 saturated heterocycles. The average Bonchev–Trinajstić information content (AvgIpc) is 2.88. The second-order valence-corrected chi connectivity index (χ2v) is 7.40. The van der Waals surface area contributed by atoms with Crippen LogP contribution < -0.4 is 0 Å². The summed E-state index contributed by atoms with van der Waals surface area (Å²) in [6, 6.07) is 52.8. The van der Waals surface area contributed by atoms with E-state index in [-0.39, 0.29) is 0 Å². The summed E-state index contributed by atoms with van der Waals surface area (Å²) < 4.78 is 0. The van der Waals surface area contributed by atoms with Gasteiger partial charge in [0.25, 0.3) is 0 Å². The maximum Gasteiger partial charge on any atom is 0.0339 e. The van der Waals surface area contributed by atoms with Crippen molar-refractivity contribution < 1.29 is 0 Å². The highest BCUT2D eigenvalue weighted by atomic mass is 14.2. The van der Waals surface area contributed by atoms with Crippen LogP contribution in [0.15, 0.2) is 152 Å². The molecular weight excluding hydrogens is 372 g/mol. The smallest absolute Gasteiger partial charge is 0.0339 e. The minimum Gasteiger partial charge on any atom is -0.0622 e. The Bertz CT molecular complexity index is 1000. The highest BCUT2D eigenvalue weighted by Crippen LogP contribution is 2.31. The molecule has 5 aromatic carbocycles. The van der Waals surface area contributed by atoms with Crippen molar-refractivity contribution in [2.75, 3.05) is 0 Å². The monoisotopic (exact) mass is 398 g/mol. The summed E-state index contributed by atoms with van der Waals surface area (Å²) in [4.78, 5) is 0. The first-order valence-corrected chi connectivity index (χ1v) is 10.7. The summed E-state index contributed by atoms with van der Waals surface area (Å²) >= 11 is 0. The summed E-state index contributed by atoms with van der Waals surface area (Å²) in [6.07, 6.45) is 0. The molecule has 0 aliphatic heterocycles. The van der Waals surface area contributed by atoms with Crippen LogP contribution in [0.1, 0.15) is 22.6 Å². The highest BCUT2D eigenvalue weighted by molar-refractivity contribution is 5.62. The van der Waals surface area contributed by atoms with Gasteiger partial charge >= 0.3 is 0 Å². The van der Waals surface area contributed by atoms with Gasteiger partial charge in [0.15, 0.2) is 0 Å². The fourth-order valence-electron chi connectivity index (χ4n) is 3.78. The Hall–Kier alpha value is -3.90. The van der Waals surface area contributed by atoms with E-state index in [2.05, 4.69) is 140 Å². The third-order valence-electron chi connectivity index (χ3n) is 5.28. The van der Waals surface area contributed by atoms with E-state index in [1.807, 2.05) is 12.1 Å². The largest absolute Gasteiger partial charge is 0.0622 e. The van der Waals surface area contributed by atoms with E-state index >= 15 is 0 Å². The highest BCUT2D eigenvalue weighted by Gasteiger charge is 2.15. The molecule has 0 amide bonds. The number of benzene rings is 5. The molecule has 0 heterocycles. The van der Waals surface area contributed by atoms with Crippen LogP contribution in [0.3, 0.4) is 0 Å². The molecule has 0 heteroatoms. The standard InChI is InChI=1S/C19H16.C12H10/c1-4-10-16(11-5-1)19(17-12-6-2-7-13-17)18-14-8-3-9-15-18;1-3-7-11(8-4-1)12-9-5-2-6-10-12/h1-15,19H;1-10H. The zero-order chi connectivity index (χ0) is 21.1. The molecule has 0 spiro atoms. The van der Waals surface area contributed by atoms with Gasteiger partial charge in [0, 0.05) is 5.92 Å². The molecule has 5 aromatic rings. The average molecular weight is 399 g/mol. The molecule has 5 rings (SSSR count). The molecule has 0 unspecified atom stereocenters. The fourth-order valence-corrected chi connectivity index (χ4v) is 3.78. The van der Waals surface area contributed by atoms with Gasteiger partial charge in [-0.15, -0.1) is 0 Å². The zero-order valence-corrected chi connectivity index (χ0v) is 17.5. The quantitative estimate of drug-likeness (QED) is 0.267. The molecule has 150 valence electrons. The van der Waals surface area contributed by atoms with Crippen molar-refractivity contribution in [3.8, 4) is 11.1 Å². The van der Waals surface area contributed by atoms with E-state index in [0.717, 1.165) is 0 Å². The molecular formula is C31H26. The first kappa shape index (κ1) is 20.4. The molecule has 0 saturated carbocycles. The van der Waals surface area contributed by atoms with Gasteiger partial charge in [-0.3, -0.25) is 0 Å². The molecule has 0 nitrogen and oxygen atoms in total. The first-order chi connectivity index (χ1) is 15.4. The number of hydrogen-bond acceptors (Lipinski definition) is 0. The predicted octanol–water partition coefficient (Wildman–Crippen LogP) is 8.22. The van der Waals surface area contributed by atoms with Crippen LogP contribution in [0.4, 0.5) is 0 Å². The van der Waals surface area contributed by atoms with E-state index in [1.54, 1.807) is 0 Å². The minimum absolute atomic E-state index is 0.309. The molecule has 0 aliphatic rings. The van der Waals surface area contributed by atoms with Crippen LogP contribution in [-0.2, 0) is 0 Å². The lowest BCUT2D eigenvalue weighted by atomic mass is 9.85. The van der Waals surface area contributed by atoms with Gasteiger partial charge in [-0.05, 0) is 27.8 Å². The molecule has 0 N–H and O–H groups in total. The summed E-state index contributed by atoms with van der Waals surface area (Å²) in [5, 5.41) is 0. The normalized spacial score (nSPS) is 10.2. The van der Waals surface area contributed by atoms with Gasteiger partial charge in [0.1, 0.15) is 0 Å². The Morgan fingerprint density at radius 2 is 0.484 bits per heavy atom. The lowest BCUT2D eigenvalue weighted by molar-refractivity contribution is 0.977. The molecule has 0 fully saturated rings.